The summed E-state index contributed by atoms with van der Waals surface area (Å²) in [7, 11) is 0. The number of rotatable bonds is 7. The van der Waals surface area contributed by atoms with Gasteiger partial charge in [0, 0.05) is 17.7 Å². The van der Waals surface area contributed by atoms with E-state index in [9.17, 15) is 10.1 Å². The molecule has 0 saturated heterocycles. The van der Waals surface area contributed by atoms with Crippen LogP contribution in [0.4, 0.5) is 5.00 Å². The fraction of sp³-hybridized carbons (Fsp3) is 0.217. The maximum Gasteiger partial charge on any atom is 0.203 e. The van der Waals surface area contributed by atoms with E-state index in [4.69, 9.17) is 5.73 Å². The Kier molecular flexibility index (Phi) is 5.93. The number of ketones is 1. The van der Waals surface area contributed by atoms with E-state index in [0.717, 1.165) is 5.56 Å². The van der Waals surface area contributed by atoms with Crippen LogP contribution in [0, 0.1) is 16.7 Å². The average Bonchev–Trinajstić information content (AvgIpc) is 3.11. The minimum atomic E-state index is -0.118. The number of nitrogens with two attached hydrogens (primary N) is 1. The Bertz CT molecular complexity index is 1000. The molecule has 28 heavy (non-hydrogen) atoms. The number of thiophene rings is 1. The van der Waals surface area contributed by atoms with Crippen LogP contribution in [0.25, 0.3) is 11.1 Å². The number of benzene rings is 2. The van der Waals surface area contributed by atoms with Gasteiger partial charge in [0.1, 0.15) is 11.1 Å². The van der Waals surface area contributed by atoms with Gasteiger partial charge in [0.05, 0.1) is 10.4 Å². The molecule has 0 spiro atoms. The van der Waals surface area contributed by atoms with Crippen LogP contribution >= 0.6 is 11.3 Å². The van der Waals surface area contributed by atoms with E-state index < -0.39 is 0 Å². The van der Waals surface area contributed by atoms with E-state index in [0.29, 0.717) is 39.7 Å². The van der Waals surface area contributed by atoms with Crippen LogP contribution in [0.1, 0.15) is 34.6 Å². The Labute approximate surface area is 169 Å². The Morgan fingerprint density at radius 1 is 1.11 bits per heavy atom. The first-order valence-corrected chi connectivity index (χ1v) is 9.94. The first-order chi connectivity index (χ1) is 13.5. The molecule has 4 nitrogen and oxygen atoms in total. The van der Waals surface area contributed by atoms with E-state index in [1.807, 2.05) is 48.5 Å². The molecule has 1 heterocycles. The molecule has 3 aromatic rings. The molecule has 5 heteroatoms. The Hall–Kier alpha value is -2.94. The molecule has 0 bridgehead atoms. The summed E-state index contributed by atoms with van der Waals surface area (Å²) in [6, 6.07) is 21.1. The molecule has 0 atom stereocenters. The molecule has 0 aliphatic heterocycles. The maximum absolute atomic E-state index is 13.2. The first-order valence-electron chi connectivity index (χ1n) is 9.13. The normalized spacial score (nSPS) is 11.1. The van der Waals surface area contributed by atoms with E-state index in [-0.39, 0.29) is 11.2 Å². The summed E-state index contributed by atoms with van der Waals surface area (Å²) < 4.78 is 0. The van der Waals surface area contributed by atoms with Crippen LogP contribution in [0.15, 0.2) is 60.7 Å². The lowest BCUT2D eigenvalue weighted by Crippen LogP contribution is -2.31. The summed E-state index contributed by atoms with van der Waals surface area (Å²) in [5, 5.41) is 14.0. The van der Waals surface area contributed by atoms with Gasteiger partial charge in [-0.1, -0.05) is 74.5 Å². The minimum absolute atomic E-state index is 0.0768. The van der Waals surface area contributed by atoms with E-state index in [1.54, 1.807) is 12.1 Å². The largest absolute Gasteiger partial charge is 0.375 e. The summed E-state index contributed by atoms with van der Waals surface area (Å²) in [5.74, 6) is -0.0768. The van der Waals surface area contributed by atoms with Crippen LogP contribution in [0.2, 0.25) is 0 Å². The lowest BCUT2D eigenvalue weighted by atomic mass is 9.94. The third-order valence-corrected chi connectivity index (χ3v) is 5.75. The quantitative estimate of drug-likeness (QED) is 0.563. The number of anilines is 1. The molecule has 0 fully saturated rings. The lowest BCUT2D eigenvalue weighted by Gasteiger charge is -2.22. The first kappa shape index (κ1) is 19.8. The molecule has 0 saturated carbocycles. The fourth-order valence-corrected chi connectivity index (χ4v) is 3.95. The van der Waals surface area contributed by atoms with Crippen molar-refractivity contribution in [1.29, 1.82) is 5.26 Å². The molecular weight excluding hydrogens is 366 g/mol. The van der Waals surface area contributed by atoms with Crippen LogP contribution in [0.5, 0.6) is 0 Å². The molecule has 2 aromatic carbocycles. The number of nitrogens with one attached hydrogen (secondary N) is 1. The number of hydrogen-bond acceptors (Lipinski definition) is 5. The van der Waals surface area contributed by atoms with Gasteiger partial charge < -0.3 is 11.1 Å². The number of nitrogens with zero attached hydrogens (tertiary/aromatic N) is 1. The molecule has 0 aliphatic carbocycles. The Morgan fingerprint density at radius 3 is 2.29 bits per heavy atom. The number of carbonyl (C=O) groups is 1. The van der Waals surface area contributed by atoms with Crippen LogP contribution in [-0.2, 0) is 0 Å². The van der Waals surface area contributed by atoms with Crippen molar-refractivity contribution in [3.8, 4) is 17.2 Å². The number of nitriles is 1. The molecule has 0 aliphatic rings. The predicted molar refractivity (Wildman–Crippen MR) is 116 cm³/mol. The topological polar surface area (TPSA) is 78.9 Å². The standard InChI is InChI=1S/C23H23N3OS/c1-23(2,14-25)15-26-22-18(13-24)19(16-9-5-3-6-10-16)21(28-22)20(27)17-11-7-4-8-12-17/h3-12,26H,14-15,25H2,1-2H3. The molecule has 0 radical (unpaired) electrons. The van der Waals surface area contributed by atoms with Gasteiger partial charge >= 0.3 is 0 Å². The SMILES string of the molecule is CC(C)(CN)CNc1sc(C(=O)c2ccccc2)c(-c2ccccc2)c1C#N. The van der Waals surface area contributed by atoms with Crippen LogP contribution in [0.3, 0.4) is 0 Å². The van der Waals surface area contributed by atoms with Gasteiger partial charge in [-0.2, -0.15) is 5.26 Å². The van der Waals surface area contributed by atoms with Crippen molar-refractivity contribution in [2.45, 2.75) is 13.8 Å². The molecular formula is C23H23N3OS. The summed E-state index contributed by atoms with van der Waals surface area (Å²) >= 11 is 1.34. The Morgan fingerprint density at radius 2 is 1.71 bits per heavy atom. The number of carbonyl (C=O) groups excluding carboxylic acids is 1. The zero-order chi connectivity index (χ0) is 20.1. The highest BCUT2D eigenvalue weighted by Gasteiger charge is 2.26. The number of hydrogen-bond donors (Lipinski definition) is 2. The van der Waals surface area contributed by atoms with Crippen molar-refractivity contribution in [1.82, 2.24) is 0 Å². The lowest BCUT2D eigenvalue weighted by molar-refractivity contribution is 0.104. The van der Waals surface area contributed by atoms with Crippen molar-refractivity contribution in [2.75, 3.05) is 18.4 Å². The summed E-state index contributed by atoms with van der Waals surface area (Å²) in [6.45, 7) is 5.27. The molecule has 0 unspecified atom stereocenters. The van der Waals surface area contributed by atoms with Gasteiger partial charge in [0.15, 0.2) is 0 Å². The molecule has 1 aromatic heterocycles. The third-order valence-electron chi connectivity index (χ3n) is 4.60. The zero-order valence-corrected chi connectivity index (χ0v) is 16.8. The van der Waals surface area contributed by atoms with Gasteiger partial charge in [0.2, 0.25) is 5.78 Å². The molecule has 3 rings (SSSR count). The van der Waals surface area contributed by atoms with Crippen molar-refractivity contribution in [3.05, 3.63) is 76.7 Å². The average molecular weight is 390 g/mol. The monoisotopic (exact) mass is 389 g/mol. The highest BCUT2D eigenvalue weighted by atomic mass is 32.1. The van der Waals surface area contributed by atoms with Gasteiger partial charge in [-0.05, 0) is 17.5 Å². The van der Waals surface area contributed by atoms with Crippen LogP contribution < -0.4 is 11.1 Å². The summed E-state index contributed by atoms with van der Waals surface area (Å²) in [5.41, 5.74) is 8.38. The van der Waals surface area contributed by atoms with Crippen LogP contribution in [-0.4, -0.2) is 18.9 Å². The van der Waals surface area contributed by atoms with Crippen molar-refractivity contribution >= 4 is 22.1 Å². The third kappa shape index (κ3) is 4.14. The second kappa shape index (κ2) is 8.39. The second-order valence-corrected chi connectivity index (χ2v) is 8.43. The predicted octanol–water partition coefficient (Wildman–Crippen LogP) is 4.91. The smallest absolute Gasteiger partial charge is 0.203 e. The molecule has 142 valence electrons. The van der Waals surface area contributed by atoms with Gasteiger partial charge in [-0.25, -0.2) is 0 Å². The highest BCUT2D eigenvalue weighted by Crippen LogP contribution is 2.41. The summed E-state index contributed by atoms with van der Waals surface area (Å²) in [6.07, 6.45) is 0. The summed E-state index contributed by atoms with van der Waals surface area (Å²) in [4.78, 5) is 13.8. The van der Waals surface area contributed by atoms with Gasteiger partial charge in [-0.3, -0.25) is 4.79 Å². The zero-order valence-electron chi connectivity index (χ0n) is 16.0. The fourth-order valence-electron chi connectivity index (χ4n) is 2.81. The van der Waals surface area contributed by atoms with Crippen molar-refractivity contribution < 1.29 is 4.79 Å². The Balaban J connectivity index is 2.12. The minimum Gasteiger partial charge on any atom is -0.375 e. The highest BCUT2D eigenvalue weighted by molar-refractivity contribution is 7.19. The van der Waals surface area contributed by atoms with E-state index in [2.05, 4.69) is 25.2 Å². The molecule has 3 N–H and O–H groups in total. The van der Waals surface area contributed by atoms with Crippen molar-refractivity contribution in [2.24, 2.45) is 11.1 Å². The van der Waals surface area contributed by atoms with E-state index in [1.165, 1.54) is 11.3 Å². The molecule has 0 amide bonds. The van der Waals surface area contributed by atoms with Crippen molar-refractivity contribution in [3.63, 3.8) is 0 Å². The van der Waals surface area contributed by atoms with E-state index >= 15 is 0 Å². The maximum atomic E-state index is 13.2. The second-order valence-electron chi connectivity index (χ2n) is 7.41. The van der Waals surface area contributed by atoms with Gasteiger partial charge in [-0.15, -0.1) is 11.3 Å². The van der Waals surface area contributed by atoms with Gasteiger partial charge in [0.25, 0.3) is 0 Å².